The third-order valence-corrected chi connectivity index (χ3v) is 3.37. The molecule has 1 aliphatic heterocycles. The molecule has 2 heterocycles. The molecule has 1 unspecified atom stereocenters. The average Bonchev–Trinajstić information content (AvgIpc) is 2.67. The zero-order chi connectivity index (χ0) is 10.7. The average molecular weight is 270 g/mol. The molecule has 1 aliphatic rings. The number of hydrogen-bond donors (Lipinski definition) is 0. The van der Waals surface area contributed by atoms with Crippen LogP contribution in [0.5, 0.6) is 0 Å². The fourth-order valence-electron chi connectivity index (χ4n) is 2.04. The molecule has 0 bridgehead atoms. The lowest BCUT2D eigenvalue weighted by molar-refractivity contribution is 0.575. The maximum Gasteiger partial charge on any atom is 0.132 e. The first-order valence-electron chi connectivity index (χ1n) is 5.39. The smallest absolute Gasteiger partial charge is 0.132 e. The van der Waals surface area contributed by atoms with Crippen LogP contribution in [0.15, 0.2) is 12.4 Å². The molecule has 0 spiro atoms. The Kier molecular flexibility index (Phi) is 3.57. The molecule has 1 aromatic heterocycles. The van der Waals surface area contributed by atoms with E-state index < -0.39 is 0 Å². The molecule has 4 heteroatoms. The quantitative estimate of drug-likeness (QED) is 0.790. The van der Waals surface area contributed by atoms with Gasteiger partial charge in [0.2, 0.25) is 0 Å². The number of alkyl halides is 1. The molecule has 2 rings (SSSR count). The number of hydrogen-bond acceptors (Lipinski definition) is 3. The van der Waals surface area contributed by atoms with Crippen molar-refractivity contribution in [3.8, 4) is 0 Å². The minimum atomic E-state index is 0.819. The van der Waals surface area contributed by atoms with Crippen LogP contribution in [-0.4, -0.2) is 28.4 Å². The van der Waals surface area contributed by atoms with E-state index in [0.717, 1.165) is 35.8 Å². The third-order valence-electron chi connectivity index (χ3n) is 2.92. The van der Waals surface area contributed by atoms with Gasteiger partial charge >= 0.3 is 0 Å². The van der Waals surface area contributed by atoms with Gasteiger partial charge in [0.1, 0.15) is 12.1 Å². The molecule has 1 fully saturated rings. The van der Waals surface area contributed by atoms with Crippen molar-refractivity contribution in [1.82, 2.24) is 9.97 Å². The highest BCUT2D eigenvalue weighted by Crippen LogP contribution is 2.24. The van der Waals surface area contributed by atoms with Gasteiger partial charge in [0.05, 0.1) is 0 Å². The van der Waals surface area contributed by atoms with Crippen molar-refractivity contribution in [2.24, 2.45) is 5.92 Å². The van der Waals surface area contributed by atoms with Crippen LogP contribution in [0.2, 0.25) is 0 Å². The fraction of sp³-hybridized carbons (Fsp3) is 0.636. The molecule has 1 saturated heterocycles. The zero-order valence-corrected chi connectivity index (χ0v) is 10.6. The van der Waals surface area contributed by atoms with E-state index in [4.69, 9.17) is 0 Å². The molecular weight excluding hydrogens is 254 g/mol. The molecule has 1 aromatic rings. The first kappa shape index (κ1) is 10.9. The van der Waals surface area contributed by atoms with Gasteiger partial charge in [-0.25, -0.2) is 9.97 Å². The Hall–Kier alpha value is -0.640. The van der Waals surface area contributed by atoms with Crippen LogP contribution < -0.4 is 4.90 Å². The summed E-state index contributed by atoms with van der Waals surface area (Å²) in [5.41, 5.74) is 1.05. The van der Waals surface area contributed by atoms with Gasteiger partial charge in [-0.05, 0) is 25.7 Å². The molecule has 0 N–H and O–H groups in total. The largest absolute Gasteiger partial charge is 0.356 e. The van der Waals surface area contributed by atoms with E-state index in [0.29, 0.717) is 0 Å². The molecule has 0 saturated carbocycles. The maximum absolute atomic E-state index is 4.32. The van der Waals surface area contributed by atoms with Crippen molar-refractivity contribution in [2.45, 2.75) is 19.8 Å². The fourth-order valence-corrected chi connectivity index (χ4v) is 2.69. The van der Waals surface area contributed by atoms with Crippen LogP contribution in [-0.2, 0) is 0 Å². The number of anilines is 1. The normalized spacial score (nSPS) is 20.9. The van der Waals surface area contributed by atoms with Crippen molar-refractivity contribution in [3.63, 3.8) is 0 Å². The Morgan fingerprint density at radius 3 is 3.13 bits per heavy atom. The number of halogens is 1. The summed E-state index contributed by atoms with van der Waals surface area (Å²) in [5.74, 6) is 1.90. The molecular formula is C11H16BrN3. The summed E-state index contributed by atoms with van der Waals surface area (Å²) in [6.07, 6.45) is 4.21. The van der Waals surface area contributed by atoms with Gasteiger partial charge < -0.3 is 4.90 Å². The molecule has 3 nitrogen and oxygen atoms in total. The van der Waals surface area contributed by atoms with Crippen molar-refractivity contribution >= 4 is 21.7 Å². The molecule has 15 heavy (non-hydrogen) atoms. The Balaban J connectivity index is 2.01. The molecule has 82 valence electrons. The van der Waals surface area contributed by atoms with Gasteiger partial charge in [-0.2, -0.15) is 0 Å². The Labute approximate surface area is 99.0 Å². The summed E-state index contributed by atoms with van der Waals surface area (Å²) in [7, 11) is 0. The predicted molar refractivity (Wildman–Crippen MR) is 65.5 cm³/mol. The van der Waals surface area contributed by atoms with E-state index in [2.05, 4.69) is 36.9 Å². The number of aryl methyl sites for hydroxylation is 1. The number of aromatic nitrogens is 2. The van der Waals surface area contributed by atoms with Gasteiger partial charge in [0, 0.05) is 30.2 Å². The summed E-state index contributed by atoms with van der Waals surface area (Å²) in [6.45, 7) is 4.29. The topological polar surface area (TPSA) is 29.0 Å². The lowest BCUT2D eigenvalue weighted by Crippen LogP contribution is -2.21. The molecule has 0 radical (unpaired) electrons. The van der Waals surface area contributed by atoms with E-state index in [1.54, 1.807) is 6.33 Å². The SMILES string of the molecule is Cc1cc(N2CCC(CCBr)C2)ncn1. The van der Waals surface area contributed by atoms with Crippen LogP contribution in [0.25, 0.3) is 0 Å². The number of nitrogens with zero attached hydrogens (tertiary/aromatic N) is 3. The second-order valence-electron chi connectivity index (χ2n) is 4.10. The summed E-state index contributed by atoms with van der Waals surface area (Å²) >= 11 is 3.50. The monoisotopic (exact) mass is 269 g/mol. The minimum absolute atomic E-state index is 0.819. The van der Waals surface area contributed by atoms with Crippen LogP contribution >= 0.6 is 15.9 Å². The molecule has 0 aromatic carbocycles. The summed E-state index contributed by atoms with van der Waals surface area (Å²) in [4.78, 5) is 10.8. The molecule has 0 aliphatic carbocycles. The van der Waals surface area contributed by atoms with Gasteiger partial charge in [-0.1, -0.05) is 15.9 Å². The van der Waals surface area contributed by atoms with Crippen LogP contribution in [0.4, 0.5) is 5.82 Å². The highest BCUT2D eigenvalue weighted by Gasteiger charge is 2.22. The Bertz CT molecular complexity index is 329. The lowest BCUT2D eigenvalue weighted by atomic mass is 10.1. The Morgan fingerprint density at radius 1 is 1.53 bits per heavy atom. The van der Waals surface area contributed by atoms with E-state index in [1.807, 2.05) is 6.92 Å². The summed E-state index contributed by atoms with van der Waals surface area (Å²) in [6, 6.07) is 2.07. The number of rotatable bonds is 3. The maximum atomic E-state index is 4.32. The van der Waals surface area contributed by atoms with Crippen molar-refractivity contribution < 1.29 is 0 Å². The van der Waals surface area contributed by atoms with Crippen molar-refractivity contribution in [1.29, 1.82) is 0 Å². The third kappa shape index (κ3) is 2.68. The zero-order valence-electron chi connectivity index (χ0n) is 8.99. The van der Waals surface area contributed by atoms with E-state index in [-0.39, 0.29) is 0 Å². The minimum Gasteiger partial charge on any atom is -0.356 e. The van der Waals surface area contributed by atoms with Crippen molar-refractivity contribution in [2.75, 3.05) is 23.3 Å². The highest BCUT2D eigenvalue weighted by molar-refractivity contribution is 9.09. The second-order valence-corrected chi connectivity index (χ2v) is 4.89. The van der Waals surface area contributed by atoms with E-state index >= 15 is 0 Å². The van der Waals surface area contributed by atoms with E-state index in [1.165, 1.54) is 12.8 Å². The molecule has 0 amide bonds. The van der Waals surface area contributed by atoms with E-state index in [9.17, 15) is 0 Å². The molecule has 1 atom stereocenters. The first-order valence-corrected chi connectivity index (χ1v) is 6.51. The van der Waals surface area contributed by atoms with Crippen LogP contribution in [0.3, 0.4) is 0 Å². The van der Waals surface area contributed by atoms with Crippen molar-refractivity contribution in [3.05, 3.63) is 18.1 Å². The predicted octanol–water partition coefficient (Wildman–Crippen LogP) is 2.40. The van der Waals surface area contributed by atoms with Gasteiger partial charge in [0.15, 0.2) is 0 Å². The summed E-state index contributed by atoms with van der Waals surface area (Å²) < 4.78 is 0. The van der Waals surface area contributed by atoms with Crippen LogP contribution in [0.1, 0.15) is 18.5 Å². The van der Waals surface area contributed by atoms with Gasteiger partial charge in [-0.15, -0.1) is 0 Å². The Morgan fingerprint density at radius 2 is 2.40 bits per heavy atom. The summed E-state index contributed by atoms with van der Waals surface area (Å²) in [5, 5.41) is 1.11. The van der Waals surface area contributed by atoms with Crippen LogP contribution in [0, 0.1) is 12.8 Å². The first-order chi connectivity index (χ1) is 7.29. The highest BCUT2D eigenvalue weighted by atomic mass is 79.9. The standard InChI is InChI=1S/C11H16BrN3/c1-9-6-11(14-8-13-9)15-5-3-10(7-15)2-4-12/h6,8,10H,2-5,7H2,1H3. The van der Waals surface area contributed by atoms with Gasteiger partial charge in [0.25, 0.3) is 0 Å². The van der Waals surface area contributed by atoms with Gasteiger partial charge in [-0.3, -0.25) is 0 Å². The lowest BCUT2D eigenvalue weighted by Gasteiger charge is -2.17. The second kappa shape index (κ2) is 4.92.